The van der Waals surface area contributed by atoms with Crippen LogP contribution in [-0.2, 0) is 17.8 Å². The molecule has 1 atom stereocenters. The fraction of sp³-hybridized carbons (Fsp3) is 0.400. The summed E-state index contributed by atoms with van der Waals surface area (Å²) in [4.78, 5) is 23.5. The van der Waals surface area contributed by atoms with E-state index in [9.17, 15) is 4.79 Å². The molecule has 7 nitrogen and oxygen atoms in total. The highest BCUT2D eigenvalue weighted by Gasteiger charge is 2.28. The van der Waals surface area contributed by atoms with Crippen molar-refractivity contribution >= 4 is 34.4 Å². The van der Waals surface area contributed by atoms with Crippen LogP contribution in [0.15, 0.2) is 35.1 Å². The van der Waals surface area contributed by atoms with Crippen LogP contribution in [0.25, 0.3) is 11.1 Å². The van der Waals surface area contributed by atoms with Gasteiger partial charge in [0.1, 0.15) is 17.5 Å². The Morgan fingerprint density at radius 1 is 1.32 bits per heavy atom. The van der Waals surface area contributed by atoms with Gasteiger partial charge >= 0.3 is 0 Å². The summed E-state index contributed by atoms with van der Waals surface area (Å²) < 4.78 is 5.33. The van der Waals surface area contributed by atoms with Gasteiger partial charge < -0.3 is 14.7 Å². The van der Waals surface area contributed by atoms with Gasteiger partial charge in [0.15, 0.2) is 0 Å². The van der Waals surface area contributed by atoms with Gasteiger partial charge in [0.2, 0.25) is 5.91 Å². The lowest BCUT2D eigenvalue weighted by atomic mass is 9.96. The highest BCUT2D eigenvalue weighted by molar-refractivity contribution is 6.30. The van der Waals surface area contributed by atoms with Crippen molar-refractivity contribution in [2.75, 3.05) is 18.0 Å². The zero-order valence-corrected chi connectivity index (χ0v) is 16.4. The molecule has 1 amide bonds. The Morgan fingerprint density at radius 3 is 2.93 bits per heavy atom. The molecule has 0 bridgehead atoms. The number of rotatable bonds is 5. The molecule has 0 spiro atoms. The number of carbonyl (C=O) groups excluding carboxylic acids is 1. The van der Waals surface area contributed by atoms with Crippen molar-refractivity contribution in [2.45, 2.75) is 32.7 Å². The molecular weight excluding hydrogens is 378 g/mol. The number of aromatic nitrogens is 3. The summed E-state index contributed by atoms with van der Waals surface area (Å²) in [5, 5.41) is 8.69. The summed E-state index contributed by atoms with van der Waals surface area (Å²) in [6.07, 6.45) is 4.03. The first kappa shape index (κ1) is 18.7. The van der Waals surface area contributed by atoms with Crippen molar-refractivity contribution in [3.63, 3.8) is 0 Å². The number of hydrogen-bond donors (Lipinski definition) is 1. The topological polar surface area (TPSA) is 84.2 Å². The number of anilines is 1. The second-order valence-electron chi connectivity index (χ2n) is 6.99. The van der Waals surface area contributed by atoms with Gasteiger partial charge in [-0.05, 0) is 37.0 Å². The van der Waals surface area contributed by atoms with E-state index in [2.05, 4.69) is 25.3 Å². The van der Waals surface area contributed by atoms with Crippen molar-refractivity contribution < 1.29 is 9.32 Å². The van der Waals surface area contributed by atoms with Crippen molar-refractivity contribution in [3.8, 4) is 0 Å². The minimum absolute atomic E-state index is 0.0611. The maximum Gasteiger partial charge on any atom is 0.263 e. The predicted octanol–water partition coefficient (Wildman–Crippen LogP) is 3.37. The molecule has 146 valence electrons. The maximum absolute atomic E-state index is 12.7. The summed E-state index contributed by atoms with van der Waals surface area (Å²) in [5.74, 6) is 0.778. The summed E-state index contributed by atoms with van der Waals surface area (Å²) in [6, 6.07) is 7.50. The Morgan fingerprint density at radius 2 is 2.14 bits per heavy atom. The fourth-order valence-corrected chi connectivity index (χ4v) is 3.75. The van der Waals surface area contributed by atoms with Crippen LogP contribution in [0, 0.1) is 5.92 Å². The van der Waals surface area contributed by atoms with Gasteiger partial charge in [0.25, 0.3) is 5.71 Å². The lowest BCUT2D eigenvalue weighted by Crippen LogP contribution is -2.43. The highest BCUT2D eigenvalue weighted by Crippen LogP contribution is 2.30. The minimum atomic E-state index is -0.0870. The van der Waals surface area contributed by atoms with Gasteiger partial charge in [-0.1, -0.05) is 35.8 Å². The smallest absolute Gasteiger partial charge is 0.263 e. The average Bonchev–Trinajstić information content (AvgIpc) is 3.16. The zero-order valence-electron chi connectivity index (χ0n) is 15.7. The third kappa shape index (κ3) is 3.80. The van der Waals surface area contributed by atoms with Crippen LogP contribution in [-0.4, -0.2) is 34.1 Å². The van der Waals surface area contributed by atoms with E-state index in [-0.39, 0.29) is 11.8 Å². The SMILES string of the molecule is CCc1noc2ncnc(N3CCC[C@@H](C(=O)NCc4ccc(Cl)cc4)C3)c12. The van der Waals surface area contributed by atoms with Crippen molar-refractivity contribution in [3.05, 3.63) is 46.9 Å². The zero-order chi connectivity index (χ0) is 19.5. The Labute approximate surface area is 168 Å². The lowest BCUT2D eigenvalue weighted by Gasteiger charge is -2.33. The van der Waals surface area contributed by atoms with Crippen LogP contribution in [0.4, 0.5) is 5.82 Å². The van der Waals surface area contributed by atoms with Crippen LogP contribution < -0.4 is 10.2 Å². The predicted molar refractivity (Wildman–Crippen MR) is 107 cm³/mol. The second-order valence-corrected chi connectivity index (χ2v) is 7.43. The van der Waals surface area contributed by atoms with Crippen LogP contribution in [0.1, 0.15) is 31.0 Å². The molecule has 0 saturated carbocycles. The van der Waals surface area contributed by atoms with Gasteiger partial charge in [-0.15, -0.1) is 0 Å². The molecule has 3 heterocycles. The number of fused-ring (bicyclic) bond motifs is 1. The second kappa shape index (κ2) is 8.14. The van der Waals surface area contributed by atoms with Gasteiger partial charge in [-0.25, -0.2) is 4.98 Å². The van der Waals surface area contributed by atoms with Crippen molar-refractivity contribution in [1.82, 2.24) is 20.4 Å². The molecule has 1 saturated heterocycles. The number of benzene rings is 1. The summed E-state index contributed by atoms with van der Waals surface area (Å²) in [5.41, 5.74) is 2.37. The minimum Gasteiger partial charge on any atom is -0.355 e. The number of amides is 1. The first-order valence-electron chi connectivity index (χ1n) is 9.52. The molecule has 0 unspecified atom stereocenters. The average molecular weight is 400 g/mol. The van der Waals surface area contributed by atoms with E-state index in [1.165, 1.54) is 6.33 Å². The molecule has 28 heavy (non-hydrogen) atoms. The number of halogens is 1. The molecule has 1 aromatic carbocycles. The molecule has 1 aliphatic heterocycles. The van der Waals surface area contributed by atoms with Gasteiger partial charge in [-0.3, -0.25) is 4.79 Å². The van der Waals surface area contributed by atoms with E-state index in [1.54, 1.807) is 0 Å². The Kier molecular flexibility index (Phi) is 5.43. The summed E-state index contributed by atoms with van der Waals surface area (Å²) in [6.45, 7) is 3.99. The van der Waals surface area contributed by atoms with Crippen LogP contribution >= 0.6 is 11.6 Å². The number of hydrogen-bond acceptors (Lipinski definition) is 6. The molecule has 8 heteroatoms. The molecule has 0 radical (unpaired) electrons. The number of aryl methyl sites for hydroxylation is 1. The summed E-state index contributed by atoms with van der Waals surface area (Å²) in [7, 11) is 0. The van der Waals surface area contributed by atoms with E-state index in [1.807, 2.05) is 31.2 Å². The highest BCUT2D eigenvalue weighted by atomic mass is 35.5. The number of carbonyl (C=O) groups is 1. The number of piperidine rings is 1. The molecule has 3 aromatic rings. The lowest BCUT2D eigenvalue weighted by molar-refractivity contribution is -0.125. The Bertz CT molecular complexity index is 972. The fourth-order valence-electron chi connectivity index (χ4n) is 3.63. The van der Waals surface area contributed by atoms with E-state index in [0.29, 0.717) is 23.8 Å². The van der Waals surface area contributed by atoms with Crippen LogP contribution in [0.2, 0.25) is 5.02 Å². The van der Waals surface area contributed by atoms with Gasteiger partial charge in [0.05, 0.1) is 11.6 Å². The molecule has 1 aliphatic rings. The monoisotopic (exact) mass is 399 g/mol. The molecule has 1 N–H and O–H groups in total. The maximum atomic E-state index is 12.7. The van der Waals surface area contributed by atoms with E-state index >= 15 is 0 Å². The molecule has 4 rings (SSSR count). The standard InChI is InChI=1S/C20H22ClN5O2/c1-2-16-17-18(23-12-24-20(17)28-25-16)26-9-3-4-14(11-26)19(27)22-10-13-5-7-15(21)8-6-13/h5-8,12,14H,2-4,9-11H2,1H3,(H,22,27)/t14-/m1/s1. The summed E-state index contributed by atoms with van der Waals surface area (Å²) >= 11 is 5.91. The van der Waals surface area contributed by atoms with Crippen molar-refractivity contribution in [1.29, 1.82) is 0 Å². The Balaban J connectivity index is 1.46. The third-order valence-corrected chi connectivity index (χ3v) is 5.38. The largest absolute Gasteiger partial charge is 0.355 e. The van der Waals surface area contributed by atoms with Crippen molar-refractivity contribution in [2.24, 2.45) is 5.92 Å². The molecular formula is C20H22ClN5O2. The number of nitrogens with zero attached hydrogens (tertiary/aromatic N) is 4. The normalized spacial score (nSPS) is 17.1. The van der Waals surface area contributed by atoms with E-state index in [0.717, 1.165) is 48.3 Å². The first-order chi connectivity index (χ1) is 13.7. The van der Waals surface area contributed by atoms with Gasteiger partial charge in [0, 0.05) is 24.7 Å². The van der Waals surface area contributed by atoms with E-state index < -0.39 is 0 Å². The molecule has 0 aliphatic carbocycles. The number of nitrogens with one attached hydrogen (secondary N) is 1. The third-order valence-electron chi connectivity index (χ3n) is 5.13. The molecule has 1 fully saturated rings. The Hall–Kier alpha value is -2.67. The van der Waals surface area contributed by atoms with Crippen LogP contribution in [0.5, 0.6) is 0 Å². The van der Waals surface area contributed by atoms with Gasteiger partial charge in [-0.2, -0.15) is 4.98 Å². The quantitative estimate of drug-likeness (QED) is 0.708. The molecule has 2 aromatic heterocycles. The van der Waals surface area contributed by atoms with E-state index in [4.69, 9.17) is 16.1 Å². The van der Waals surface area contributed by atoms with Crippen LogP contribution in [0.3, 0.4) is 0 Å². The first-order valence-corrected chi connectivity index (χ1v) is 9.90.